The summed E-state index contributed by atoms with van der Waals surface area (Å²) in [6, 6.07) is 4.53. The Bertz CT molecular complexity index is 726. The predicted octanol–water partition coefficient (Wildman–Crippen LogP) is 3.88. The second-order valence-corrected chi connectivity index (χ2v) is 6.10. The van der Waals surface area contributed by atoms with Crippen LogP contribution in [0.3, 0.4) is 0 Å². The lowest BCUT2D eigenvalue weighted by molar-refractivity contribution is 0.557. The van der Waals surface area contributed by atoms with Crippen LogP contribution in [0.25, 0.3) is 11.2 Å². The fourth-order valence-electron chi connectivity index (χ4n) is 2.75. The third-order valence-electron chi connectivity index (χ3n) is 3.60. The molecule has 0 saturated carbocycles. The van der Waals surface area contributed by atoms with Gasteiger partial charge in [-0.05, 0) is 24.8 Å². The highest BCUT2D eigenvalue weighted by Gasteiger charge is 2.23. The first-order valence-electron chi connectivity index (χ1n) is 6.67. The van der Waals surface area contributed by atoms with Gasteiger partial charge in [-0.3, -0.25) is 4.68 Å². The zero-order valence-electron chi connectivity index (χ0n) is 11.8. The van der Waals surface area contributed by atoms with Crippen LogP contribution in [-0.4, -0.2) is 19.3 Å². The van der Waals surface area contributed by atoms with Crippen molar-refractivity contribution in [3.8, 4) is 0 Å². The molecule has 0 amide bonds. The number of hydrogen-bond acceptors (Lipinski definition) is 3. The number of thiophene rings is 1. The van der Waals surface area contributed by atoms with Crippen molar-refractivity contribution < 1.29 is 0 Å². The second kappa shape index (κ2) is 5.22. The molecule has 4 nitrogen and oxygen atoms in total. The van der Waals surface area contributed by atoms with E-state index < -0.39 is 0 Å². The van der Waals surface area contributed by atoms with E-state index in [1.165, 1.54) is 4.88 Å². The molecule has 0 spiro atoms. The van der Waals surface area contributed by atoms with Crippen molar-refractivity contribution in [1.82, 2.24) is 19.3 Å². The van der Waals surface area contributed by atoms with Crippen LogP contribution in [-0.2, 0) is 12.9 Å². The summed E-state index contributed by atoms with van der Waals surface area (Å²) in [4.78, 5) is 6.01. The molecule has 0 N–H and O–H groups in total. The average molecular weight is 309 g/mol. The molecule has 3 rings (SSSR count). The molecule has 0 aliphatic heterocycles. The Labute approximate surface area is 127 Å². The van der Waals surface area contributed by atoms with Crippen LogP contribution < -0.4 is 0 Å². The topological polar surface area (TPSA) is 35.6 Å². The first-order valence-corrected chi connectivity index (χ1v) is 8.08. The molecule has 20 heavy (non-hydrogen) atoms. The van der Waals surface area contributed by atoms with Crippen molar-refractivity contribution in [1.29, 1.82) is 0 Å². The van der Waals surface area contributed by atoms with E-state index in [9.17, 15) is 0 Å². The highest BCUT2D eigenvalue weighted by Crippen LogP contribution is 2.32. The van der Waals surface area contributed by atoms with Gasteiger partial charge in [-0.25, -0.2) is 4.98 Å². The van der Waals surface area contributed by atoms with Gasteiger partial charge in [0, 0.05) is 11.9 Å². The molecule has 0 radical (unpaired) electrons. The van der Waals surface area contributed by atoms with E-state index in [0.29, 0.717) is 5.88 Å². The zero-order valence-corrected chi connectivity index (χ0v) is 13.4. The van der Waals surface area contributed by atoms with E-state index in [4.69, 9.17) is 11.6 Å². The molecule has 0 aromatic carbocycles. The quantitative estimate of drug-likeness (QED) is 0.686. The van der Waals surface area contributed by atoms with Crippen LogP contribution in [0.5, 0.6) is 0 Å². The minimum absolute atomic E-state index is 0.267. The van der Waals surface area contributed by atoms with Gasteiger partial charge >= 0.3 is 0 Å². The number of hydrogen-bond donors (Lipinski definition) is 0. The number of aromatic nitrogens is 4. The van der Waals surface area contributed by atoms with Crippen LogP contribution in [0, 0.1) is 6.92 Å². The van der Waals surface area contributed by atoms with Crippen LogP contribution >= 0.6 is 22.9 Å². The first kappa shape index (κ1) is 13.6. The second-order valence-electron chi connectivity index (χ2n) is 4.85. The summed E-state index contributed by atoms with van der Waals surface area (Å²) in [6.45, 7) is 4.18. The molecular weight excluding hydrogens is 292 g/mol. The number of halogens is 1. The van der Waals surface area contributed by atoms with Gasteiger partial charge in [0.15, 0.2) is 5.65 Å². The molecule has 0 bridgehead atoms. The molecule has 0 fully saturated rings. The number of fused-ring (bicyclic) bond motifs is 1. The van der Waals surface area contributed by atoms with Crippen molar-refractivity contribution in [3.63, 3.8) is 0 Å². The van der Waals surface area contributed by atoms with E-state index in [1.807, 2.05) is 18.7 Å². The molecule has 1 unspecified atom stereocenters. The van der Waals surface area contributed by atoms with E-state index in [1.54, 1.807) is 11.3 Å². The van der Waals surface area contributed by atoms with Crippen molar-refractivity contribution in [2.75, 3.05) is 0 Å². The highest BCUT2D eigenvalue weighted by atomic mass is 35.5. The zero-order chi connectivity index (χ0) is 14.3. The maximum atomic E-state index is 6.12. The molecule has 3 heterocycles. The van der Waals surface area contributed by atoms with E-state index in [-0.39, 0.29) is 6.04 Å². The molecular formula is C14H17ClN4S. The van der Waals surface area contributed by atoms with Crippen LogP contribution in [0.15, 0.2) is 17.5 Å². The van der Waals surface area contributed by atoms with Crippen molar-refractivity contribution in [3.05, 3.63) is 33.9 Å². The van der Waals surface area contributed by atoms with Gasteiger partial charge in [-0.1, -0.05) is 13.0 Å². The van der Waals surface area contributed by atoms with Crippen molar-refractivity contribution >= 4 is 34.1 Å². The largest absolute Gasteiger partial charge is 0.303 e. The van der Waals surface area contributed by atoms with Crippen LogP contribution in [0.4, 0.5) is 0 Å². The Hall–Kier alpha value is -1.33. The summed E-state index contributed by atoms with van der Waals surface area (Å²) in [5, 5.41) is 6.59. The standard InChI is InChI=1S/C14H17ClN4S/c1-4-10(11-6-5-7-20-11)19-12(8-15)16-13-9(2)17-18(3)14(13)19/h5-7,10H,4,8H2,1-3H3. The Kier molecular flexibility index (Phi) is 3.56. The number of aryl methyl sites for hydroxylation is 2. The minimum atomic E-state index is 0.267. The Morgan fingerprint density at radius 1 is 1.45 bits per heavy atom. The molecule has 0 aliphatic carbocycles. The van der Waals surface area contributed by atoms with E-state index in [0.717, 1.165) is 29.1 Å². The summed E-state index contributed by atoms with van der Waals surface area (Å²) in [6.07, 6.45) is 1.00. The third kappa shape index (κ3) is 1.96. The van der Waals surface area contributed by atoms with Gasteiger partial charge in [0.1, 0.15) is 11.3 Å². The van der Waals surface area contributed by atoms with Crippen molar-refractivity contribution in [2.24, 2.45) is 7.05 Å². The Morgan fingerprint density at radius 3 is 2.85 bits per heavy atom. The lowest BCUT2D eigenvalue weighted by Gasteiger charge is -2.18. The summed E-state index contributed by atoms with van der Waals surface area (Å²) in [5.41, 5.74) is 2.96. The van der Waals surface area contributed by atoms with Gasteiger partial charge in [0.05, 0.1) is 17.6 Å². The summed E-state index contributed by atoms with van der Waals surface area (Å²) >= 11 is 7.89. The lowest BCUT2D eigenvalue weighted by atomic mass is 10.2. The van der Waals surface area contributed by atoms with Crippen LogP contribution in [0.1, 0.15) is 35.8 Å². The monoisotopic (exact) mass is 308 g/mol. The Balaban J connectivity index is 2.27. The molecule has 3 aromatic rings. The van der Waals surface area contributed by atoms with E-state index in [2.05, 4.69) is 39.1 Å². The van der Waals surface area contributed by atoms with Crippen LogP contribution in [0.2, 0.25) is 0 Å². The normalized spacial score (nSPS) is 13.2. The SMILES string of the molecule is CCC(c1cccs1)n1c(CCl)nc2c(C)nn(C)c21. The Morgan fingerprint density at radius 2 is 2.25 bits per heavy atom. The fourth-order valence-corrected chi connectivity index (χ4v) is 3.84. The maximum absolute atomic E-state index is 6.12. The number of alkyl halides is 1. The lowest BCUT2D eigenvalue weighted by Crippen LogP contribution is -2.13. The third-order valence-corrected chi connectivity index (χ3v) is 4.81. The molecule has 3 aromatic heterocycles. The molecule has 106 valence electrons. The highest BCUT2D eigenvalue weighted by molar-refractivity contribution is 7.10. The predicted molar refractivity (Wildman–Crippen MR) is 83.5 cm³/mol. The van der Waals surface area contributed by atoms with Gasteiger partial charge in [-0.15, -0.1) is 22.9 Å². The molecule has 0 saturated heterocycles. The van der Waals surface area contributed by atoms with Gasteiger partial charge < -0.3 is 4.57 Å². The summed E-state index contributed by atoms with van der Waals surface area (Å²) in [5.74, 6) is 1.33. The van der Waals surface area contributed by atoms with Gasteiger partial charge in [-0.2, -0.15) is 5.10 Å². The fraction of sp³-hybridized carbons (Fsp3) is 0.429. The first-order chi connectivity index (χ1) is 9.67. The summed E-state index contributed by atoms with van der Waals surface area (Å²) < 4.78 is 4.15. The smallest absolute Gasteiger partial charge is 0.159 e. The number of imidazole rings is 1. The van der Waals surface area contributed by atoms with Crippen molar-refractivity contribution in [2.45, 2.75) is 32.2 Å². The summed E-state index contributed by atoms with van der Waals surface area (Å²) in [7, 11) is 1.96. The molecule has 0 aliphatic rings. The molecule has 6 heteroatoms. The maximum Gasteiger partial charge on any atom is 0.159 e. The van der Waals surface area contributed by atoms with E-state index >= 15 is 0 Å². The van der Waals surface area contributed by atoms with Gasteiger partial charge in [0.2, 0.25) is 0 Å². The average Bonchev–Trinajstić information content (AvgIpc) is 3.11. The van der Waals surface area contributed by atoms with Gasteiger partial charge in [0.25, 0.3) is 0 Å². The number of nitrogens with zero attached hydrogens (tertiary/aromatic N) is 4. The minimum Gasteiger partial charge on any atom is -0.303 e. The number of rotatable bonds is 4. The molecule has 1 atom stereocenters.